The van der Waals surface area contributed by atoms with E-state index < -0.39 is 0 Å². The fourth-order valence-corrected chi connectivity index (χ4v) is 1.55. The third-order valence-electron chi connectivity index (χ3n) is 3.56. The third-order valence-corrected chi connectivity index (χ3v) is 3.56. The van der Waals surface area contributed by atoms with Gasteiger partial charge in [0, 0.05) is 11.0 Å². The summed E-state index contributed by atoms with van der Waals surface area (Å²) in [5, 5.41) is 0. The molecule has 0 atom stereocenters. The molecule has 0 spiro atoms. The van der Waals surface area contributed by atoms with Crippen molar-refractivity contribution in [3.63, 3.8) is 0 Å². The van der Waals surface area contributed by atoms with Crippen LogP contribution in [0.2, 0.25) is 0 Å². The Labute approximate surface area is 103 Å². The van der Waals surface area contributed by atoms with Crippen molar-refractivity contribution in [3.8, 4) is 11.3 Å². The van der Waals surface area contributed by atoms with Crippen LogP contribution in [0.1, 0.15) is 33.6 Å². The van der Waals surface area contributed by atoms with Crippen LogP contribution < -0.4 is 0 Å². The van der Waals surface area contributed by atoms with Crippen molar-refractivity contribution in [1.29, 1.82) is 0 Å². The number of aromatic nitrogens is 1. The highest BCUT2D eigenvalue weighted by atomic mass is 16.4. The van der Waals surface area contributed by atoms with Gasteiger partial charge in [-0.1, -0.05) is 58.0 Å². The Hall–Kier alpha value is -1.57. The first kappa shape index (κ1) is 11.9. The largest absolute Gasteiger partial charge is 0.440 e. The van der Waals surface area contributed by atoms with E-state index in [1.165, 1.54) is 0 Å². The summed E-state index contributed by atoms with van der Waals surface area (Å²) in [6, 6.07) is 10.1. The van der Waals surface area contributed by atoms with Crippen LogP contribution in [0.3, 0.4) is 0 Å². The van der Waals surface area contributed by atoms with Crippen molar-refractivity contribution in [2.75, 3.05) is 0 Å². The predicted molar refractivity (Wildman–Crippen MR) is 69.8 cm³/mol. The molecule has 0 saturated carbocycles. The predicted octanol–water partition coefficient (Wildman–Crippen LogP) is 4.28. The van der Waals surface area contributed by atoms with Crippen LogP contribution in [0.5, 0.6) is 0 Å². The smallest absolute Gasteiger partial charge is 0.200 e. The summed E-state index contributed by atoms with van der Waals surface area (Å²) < 4.78 is 5.88. The molecule has 0 fully saturated rings. The van der Waals surface area contributed by atoms with Crippen molar-refractivity contribution in [1.82, 2.24) is 4.98 Å². The van der Waals surface area contributed by atoms with Gasteiger partial charge in [0.1, 0.15) is 0 Å². The van der Waals surface area contributed by atoms with E-state index >= 15 is 0 Å². The molecule has 2 heteroatoms. The molecule has 0 N–H and O–H groups in total. The average molecular weight is 229 g/mol. The van der Waals surface area contributed by atoms with E-state index in [1.54, 1.807) is 0 Å². The van der Waals surface area contributed by atoms with Gasteiger partial charge >= 0.3 is 0 Å². The topological polar surface area (TPSA) is 26.0 Å². The summed E-state index contributed by atoms with van der Waals surface area (Å²) in [6.45, 7) is 8.70. The van der Waals surface area contributed by atoms with Gasteiger partial charge in [-0.05, 0) is 5.92 Å². The first-order valence-electron chi connectivity index (χ1n) is 6.03. The lowest BCUT2D eigenvalue weighted by Gasteiger charge is -2.25. The number of hydrogen-bond acceptors (Lipinski definition) is 2. The molecule has 0 bridgehead atoms. The molecule has 0 saturated heterocycles. The van der Waals surface area contributed by atoms with Crippen LogP contribution >= 0.6 is 0 Å². The Morgan fingerprint density at radius 3 is 2.35 bits per heavy atom. The Morgan fingerprint density at radius 2 is 1.76 bits per heavy atom. The molecular weight excluding hydrogens is 210 g/mol. The van der Waals surface area contributed by atoms with Crippen LogP contribution in [-0.4, -0.2) is 4.98 Å². The van der Waals surface area contributed by atoms with Crippen molar-refractivity contribution in [2.45, 2.75) is 33.1 Å². The van der Waals surface area contributed by atoms with Crippen LogP contribution in [0.15, 0.2) is 40.9 Å². The van der Waals surface area contributed by atoms with Gasteiger partial charge in [0.15, 0.2) is 5.76 Å². The first-order chi connectivity index (χ1) is 8.01. The van der Waals surface area contributed by atoms with Crippen LogP contribution in [0.4, 0.5) is 0 Å². The Bertz CT molecular complexity index is 483. The minimum Gasteiger partial charge on any atom is -0.440 e. The van der Waals surface area contributed by atoms with Crippen LogP contribution in [-0.2, 0) is 5.41 Å². The van der Waals surface area contributed by atoms with Gasteiger partial charge in [0.05, 0.1) is 6.20 Å². The number of hydrogen-bond donors (Lipinski definition) is 0. The van der Waals surface area contributed by atoms with Crippen LogP contribution in [0.25, 0.3) is 11.3 Å². The molecular formula is C15H19NO. The molecule has 0 aliphatic heterocycles. The lowest BCUT2D eigenvalue weighted by molar-refractivity contribution is 0.291. The quantitative estimate of drug-likeness (QED) is 0.785. The first-order valence-corrected chi connectivity index (χ1v) is 6.03. The normalized spacial score (nSPS) is 12.1. The fraction of sp³-hybridized carbons (Fsp3) is 0.400. The zero-order valence-corrected chi connectivity index (χ0v) is 10.9. The maximum Gasteiger partial charge on any atom is 0.200 e. The van der Waals surface area contributed by atoms with E-state index in [1.807, 2.05) is 36.5 Å². The number of oxazole rings is 1. The molecule has 1 aromatic heterocycles. The molecule has 0 aliphatic carbocycles. The molecule has 0 radical (unpaired) electrons. The van der Waals surface area contributed by atoms with Gasteiger partial charge in [0.2, 0.25) is 5.89 Å². The van der Waals surface area contributed by atoms with Gasteiger partial charge < -0.3 is 4.42 Å². The highest BCUT2D eigenvalue weighted by molar-refractivity contribution is 5.55. The minimum absolute atomic E-state index is 0.0347. The lowest BCUT2D eigenvalue weighted by atomic mass is 9.81. The molecule has 1 aromatic carbocycles. The van der Waals surface area contributed by atoms with Crippen LogP contribution in [0, 0.1) is 5.92 Å². The summed E-state index contributed by atoms with van der Waals surface area (Å²) in [6.07, 6.45) is 1.81. The van der Waals surface area contributed by atoms with Gasteiger partial charge in [-0.15, -0.1) is 0 Å². The van der Waals surface area contributed by atoms with E-state index in [4.69, 9.17) is 4.42 Å². The fourth-order valence-electron chi connectivity index (χ4n) is 1.55. The number of benzene rings is 1. The summed E-state index contributed by atoms with van der Waals surface area (Å²) in [5.74, 6) is 2.14. The van der Waals surface area contributed by atoms with Gasteiger partial charge in [-0.25, -0.2) is 4.98 Å². The monoisotopic (exact) mass is 229 g/mol. The molecule has 0 unspecified atom stereocenters. The number of nitrogens with zero attached hydrogens (tertiary/aromatic N) is 1. The summed E-state index contributed by atoms with van der Waals surface area (Å²) in [4.78, 5) is 4.42. The van der Waals surface area contributed by atoms with Gasteiger partial charge in [0.25, 0.3) is 0 Å². The van der Waals surface area contributed by atoms with Crippen molar-refractivity contribution >= 4 is 0 Å². The minimum atomic E-state index is -0.0347. The molecule has 0 amide bonds. The zero-order valence-electron chi connectivity index (χ0n) is 10.9. The van der Waals surface area contributed by atoms with E-state index in [2.05, 4.69) is 32.7 Å². The second-order valence-electron chi connectivity index (χ2n) is 5.27. The van der Waals surface area contributed by atoms with Gasteiger partial charge in [-0.2, -0.15) is 0 Å². The average Bonchev–Trinajstić information content (AvgIpc) is 2.80. The Morgan fingerprint density at radius 1 is 1.12 bits per heavy atom. The molecule has 2 aromatic rings. The SMILES string of the molecule is CC(C)C(C)(C)c1ncc(-c2ccccc2)o1. The molecule has 90 valence electrons. The Kier molecular flexibility index (Phi) is 3.05. The molecule has 17 heavy (non-hydrogen) atoms. The number of rotatable bonds is 3. The van der Waals surface area contributed by atoms with E-state index in [9.17, 15) is 0 Å². The standard InChI is InChI=1S/C15H19NO/c1-11(2)15(3,4)14-16-10-13(17-14)12-8-6-5-7-9-12/h5-11H,1-4H3. The zero-order chi connectivity index (χ0) is 12.5. The second kappa shape index (κ2) is 4.36. The summed E-state index contributed by atoms with van der Waals surface area (Å²) in [7, 11) is 0. The lowest BCUT2D eigenvalue weighted by Crippen LogP contribution is -2.24. The molecule has 2 rings (SSSR count). The molecule has 2 nitrogen and oxygen atoms in total. The maximum absolute atomic E-state index is 5.88. The van der Waals surface area contributed by atoms with E-state index in [0.717, 1.165) is 17.2 Å². The summed E-state index contributed by atoms with van der Waals surface area (Å²) >= 11 is 0. The molecule has 1 heterocycles. The highest BCUT2D eigenvalue weighted by Crippen LogP contribution is 2.32. The molecule has 0 aliphatic rings. The van der Waals surface area contributed by atoms with Crippen molar-refractivity contribution in [3.05, 3.63) is 42.4 Å². The van der Waals surface area contributed by atoms with Gasteiger partial charge in [-0.3, -0.25) is 0 Å². The highest BCUT2D eigenvalue weighted by Gasteiger charge is 2.30. The Balaban J connectivity index is 2.35. The van der Waals surface area contributed by atoms with Crippen molar-refractivity contribution in [2.24, 2.45) is 5.92 Å². The van der Waals surface area contributed by atoms with E-state index in [0.29, 0.717) is 5.92 Å². The second-order valence-corrected chi connectivity index (χ2v) is 5.27. The summed E-state index contributed by atoms with van der Waals surface area (Å²) in [5.41, 5.74) is 1.04. The van der Waals surface area contributed by atoms with E-state index in [-0.39, 0.29) is 5.41 Å². The van der Waals surface area contributed by atoms with Crippen molar-refractivity contribution < 1.29 is 4.42 Å². The third kappa shape index (κ3) is 2.26. The maximum atomic E-state index is 5.88.